The molecule has 0 bridgehead atoms. The minimum Gasteiger partial charge on any atom is -0.480 e. The van der Waals surface area contributed by atoms with E-state index < -0.39 is 17.1 Å². The second kappa shape index (κ2) is 5.99. The molecule has 1 aromatic heterocycles. The number of carboxylic acids is 1. The summed E-state index contributed by atoms with van der Waals surface area (Å²) in [7, 11) is 0. The number of carboxylic acid groups (broad SMARTS) is 1. The highest BCUT2D eigenvalue weighted by molar-refractivity contribution is 9.10. The lowest BCUT2D eigenvalue weighted by molar-refractivity contribution is -0.144. The van der Waals surface area contributed by atoms with Gasteiger partial charge in [0, 0.05) is 22.5 Å². The highest BCUT2D eigenvalue weighted by Crippen LogP contribution is 2.22. The van der Waals surface area contributed by atoms with Crippen LogP contribution in [0.15, 0.2) is 37.9 Å². The Kier molecular flexibility index (Phi) is 4.49. The molecule has 1 heterocycles. The summed E-state index contributed by atoms with van der Waals surface area (Å²) in [5.74, 6) is -0.917. The maximum atomic E-state index is 11.6. The van der Waals surface area contributed by atoms with Crippen LogP contribution in [0.1, 0.15) is 25.8 Å². The van der Waals surface area contributed by atoms with Crippen LogP contribution >= 0.6 is 15.9 Å². The number of hydrogen-bond donors (Lipinski definition) is 2. The maximum Gasteiger partial charge on any atom is 0.336 e. The molecule has 1 unspecified atom stereocenters. The first-order chi connectivity index (χ1) is 9.85. The zero-order valence-electron chi connectivity index (χ0n) is 11.8. The third kappa shape index (κ3) is 3.33. The Balaban J connectivity index is 2.39. The normalized spacial score (nSPS) is 14.0. The Morgan fingerprint density at radius 1 is 1.43 bits per heavy atom. The second-order valence-corrected chi connectivity index (χ2v) is 5.99. The summed E-state index contributed by atoms with van der Waals surface area (Å²) in [6, 6.07) is 6.79. The van der Waals surface area contributed by atoms with Gasteiger partial charge in [0.1, 0.15) is 11.1 Å². The summed E-state index contributed by atoms with van der Waals surface area (Å²) in [5, 5.41) is 13.1. The second-order valence-electron chi connectivity index (χ2n) is 5.08. The van der Waals surface area contributed by atoms with E-state index in [0.717, 1.165) is 15.4 Å². The molecule has 0 spiro atoms. The summed E-state index contributed by atoms with van der Waals surface area (Å²) in [6.07, 6.45) is 0.438. The highest BCUT2D eigenvalue weighted by Gasteiger charge is 2.30. The van der Waals surface area contributed by atoms with Crippen LogP contribution in [0, 0.1) is 0 Å². The van der Waals surface area contributed by atoms with Gasteiger partial charge in [-0.1, -0.05) is 22.9 Å². The zero-order valence-corrected chi connectivity index (χ0v) is 13.4. The Morgan fingerprint density at radius 2 is 2.14 bits per heavy atom. The standard InChI is InChI=1S/C15H16BrNO4/c1-3-15(2,14(19)20)17-8-9-6-13(18)21-12-7-10(16)4-5-11(9)12/h4-7,17H,3,8H2,1-2H3,(H,19,20). The van der Waals surface area contributed by atoms with Gasteiger partial charge in [-0.3, -0.25) is 10.1 Å². The molecule has 2 rings (SSSR count). The molecule has 0 aliphatic rings. The molecular formula is C15H16BrNO4. The molecule has 0 aliphatic heterocycles. The summed E-state index contributed by atoms with van der Waals surface area (Å²) in [5.41, 5.74) is -0.291. The van der Waals surface area contributed by atoms with E-state index >= 15 is 0 Å². The van der Waals surface area contributed by atoms with Crippen molar-refractivity contribution in [2.24, 2.45) is 0 Å². The average molecular weight is 354 g/mol. The Hall–Kier alpha value is -1.66. The van der Waals surface area contributed by atoms with Crippen molar-refractivity contribution in [3.05, 3.63) is 44.7 Å². The summed E-state index contributed by atoms with van der Waals surface area (Å²) in [6.45, 7) is 3.70. The minimum atomic E-state index is -1.03. The summed E-state index contributed by atoms with van der Waals surface area (Å²) < 4.78 is 5.97. The number of aliphatic carboxylic acids is 1. The highest BCUT2D eigenvalue weighted by atomic mass is 79.9. The third-order valence-electron chi connectivity index (χ3n) is 3.64. The number of benzene rings is 1. The fourth-order valence-corrected chi connectivity index (χ4v) is 2.33. The molecule has 1 atom stereocenters. The molecule has 0 fully saturated rings. The van der Waals surface area contributed by atoms with E-state index in [1.807, 2.05) is 12.1 Å². The number of nitrogens with one attached hydrogen (secondary N) is 1. The SMILES string of the molecule is CCC(C)(NCc1cc(=O)oc2cc(Br)ccc12)C(=O)O. The molecule has 0 saturated heterocycles. The van der Waals surface area contributed by atoms with Crippen LogP contribution in [0.5, 0.6) is 0 Å². The molecule has 6 heteroatoms. The largest absolute Gasteiger partial charge is 0.480 e. The van der Waals surface area contributed by atoms with Crippen LogP contribution in [0.25, 0.3) is 11.0 Å². The molecule has 0 saturated carbocycles. The van der Waals surface area contributed by atoms with Crippen molar-refractivity contribution in [2.75, 3.05) is 0 Å². The van der Waals surface area contributed by atoms with E-state index in [-0.39, 0.29) is 6.54 Å². The summed E-state index contributed by atoms with van der Waals surface area (Å²) in [4.78, 5) is 22.9. The fraction of sp³-hybridized carbons (Fsp3) is 0.333. The maximum absolute atomic E-state index is 11.6. The van der Waals surface area contributed by atoms with Crippen LogP contribution in [0.3, 0.4) is 0 Å². The van der Waals surface area contributed by atoms with Gasteiger partial charge in [0.25, 0.3) is 0 Å². The monoisotopic (exact) mass is 353 g/mol. The van der Waals surface area contributed by atoms with Gasteiger partial charge in [-0.15, -0.1) is 0 Å². The van der Waals surface area contributed by atoms with Crippen LogP contribution in [0.2, 0.25) is 0 Å². The van der Waals surface area contributed by atoms with Crippen molar-refractivity contribution >= 4 is 32.9 Å². The molecule has 0 aliphatic carbocycles. The van der Waals surface area contributed by atoms with Crippen molar-refractivity contribution in [1.29, 1.82) is 0 Å². The molecule has 0 amide bonds. The lowest BCUT2D eigenvalue weighted by Crippen LogP contribution is -2.48. The van der Waals surface area contributed by atoms with Crippen molar-refractivity contribution < 1.29 is 14.3 Å². The van der Waals surface area contributed by atoms with Gasteiger partial charge in [0.15, 0.2) is 0 Å². The Morgan fingerprint density at radius 3 is 2.76 bits per heavy atom. The Bertz CT molecular complexity index is 740. The lowest BCUT2D eigenvalue weighted by Gasteiger charge is -2.24. The average Bonchev–Trinajstić information content (AvgIpc) is 2.43. The minimum absolute atomic E-state index is 0.278. The van der Waals surface area contributed by atoms with Gasteiger partial charge in [0.05, 0.1) is 0 Å². The van der Waals surface area contributed by atoms with Crippen LogP contribution < -0.4 is 10.9 Å². The fourth-order valence-electron chi connectivity index (χ4n) is 1.99. The molecule has 0 radical (unpaired) electrons. The van der Waals surface area contributed by atoms with Gasteiger partial charge in [-0.05, 0) is 37.1 Å². The van der Waals surface area contributed by atoms with Gasteiger partial charge >= 0.3 is 11.6 Å². The number of halogens is 1. The lowest BCUT2D eigenvalue weighted by atomic mass is 9.98. The zero-order chi connectivity index (χ0) is 15.6. The molecule has 5 nitrogen and oxygen atoms in total. The van der Waals surface area contributed by atoms with Crippen LogP contribution in [-0.2, 0) is 11.3 Å². The molecular weight excluding hydrogens is 338 g/mol. The predicted octanol–water partition coefficient (Wildman–Crippen LogP) is 2.90. The van der Waals surface area contributed by atoms with E-state index in [0.29, 0.717) is 12.0 Å². The first-order valence-corrected chi connectivity index (χ1v) is 7.36. The van der Waals surface area contributed by atoms with Crippen LogP contribution in [0.4, 0.5) is 0 Å². The van der Waals surface area contributed by atoms with Crippen molar-refractivity contribution in [2.45, 2.75) is 32.4 Å². The van der Waals surface area contributed by atoms with Crippen LogP contribution in [-0.4, -0.2) is 16.6 Å². The van der Waals surface area contributed by atoms with Crippen molar-refractivity contribution in [3.8, 4) is 0 Å². The van der Waals surface area contributed by atoms with E-state index in [2.05, 4.69) is 21.2 Å². The Labute approximate surface area is 130 Å². The number of carbonyl (C=O) groups is 1. The molecule has 21 heavy (non-hydrogen) atoms. The smallest absolute Gasteiger partial charge is 0.336 e. The quantitative estimate of drug-likeness (QED) is 0.808. The molecule has 112 valence electrons. The molecule has 2 N–H and O–H groups in total. The number of hydrogen-bond acceptors (Lipinski definition) is 4. The van der Waals surface area contributed by atoms with E-state index in [1.54, 1.807) is 19.9 Å². The van der Waals surface area contributed by atoms with Gasteiger partial charge in [-0.25, -0.2) is 4.79 Å². The first kappa shape index (κ1) is 15.7. The predicted molar refractivity (Wildman–Crippen MR) is 83.4 cm³/mol. The first-order valence-electron chi connectivity index (χ1n) is 6.56. The van der Waals surface area contributed by atoms with E-state index in [9.17, 15) is 14.7 Å². The molecule has 1 aromatic carbocycles. The number of fused-ring (bicyclic) bond motifs is 1. The van der Waals surface area contributed by atoms with E-state index in [1.165, 1.54) is 6.07 Å². The topological polar surface area (TPSA) is 79.5 Å². The van der Waals surface area contributed by atoms with Gasteiger partial charge in [0.2, 0.25) is 0 Å². The van der Waals surface area contributed by atoms with Gasteiger partial charge in [-0.2, -0.15) is 0 Å². The third-order valence-corrected chi connectivity index (χ3v) is 4.13. The summed E-state index contributed by atoms with van der Waals surface area (Å²) >= 11 is 3.33. The van der Waals surface area contributed by atoms with Gasteiger partial charge < -0.3 is 9.52 Å². The number of rotatable bonds is 5. The molecule has 2 aromatic rings. The van der Waals surface area contributed by atoms with Crippen molar-refractivity contribution in [3.63, 3.8) is 0 Å². The van der Waals surface area contributed by atoms with E-state index in [4.69, 9.17) is 4.42 Å². The van der Waals surface area contributed by atoms with Crippen molar-refractivity contribution in [1.82, 2.24) is 5.32 Å².